The van der Waals surface area contributed by atoms with Gasteiger partial charge < -0.3 is 34.6 Å². The number of hydrogen-bond donors (Lipinski definition) is 4. The van der Waals surface area contributed by atoms with Crippen LogP contribution in [-0.4, -0.2) is 81.3 Å². The van der Waals surface area contributed by atoms with Crippen molar-refractivity contribution in [3.63, 3.8) is 0 Å². The molecular formula is C35H62O8. The van der Waals surface area contributed by atoms with Crippen LogP contribution in [0.15, 0.2) is 11.6 Å². The quantitative estimate of drug-likeness (QED) is 0.0814. The lowest BCUT2D eigenvalue weighted by Gasteiger charge is -2.24. The predicted molar refractivity (Wildman–Crippen MR) is 168 cm³/mol. The van der Waals surface area contributed by atoms with E-state index in [4.69, 9.17) is 14.2 Å². The lowest BCUT2D eigenvalue weighted by atomic mass is 9.98. The number of hydrogen-bond acceptors (Lipinski definition) is 8. The molecule has 0 bridgehead atoms. The molecule has 9 atom stereocenters. The molecule has 3 heterocycles. The smallest absolute Gasteiger partial charge is 0.334 e. The van der Waals surface area contributed by atoms with E-state index >= 15 is 0 Å². The van der Waals surface area contributed by atoms with Crippen molar-refractivity contribution in [2.75, 3.05) is 0 Å². The maximum atomic E-state index is 11.7. The SMILES string of the molecule is CCCCCCCCCC[C@@H](O)[C@H]1CC[C@H]([C@H]2CC[C@H]([C@H](O)CCCCCCC[C@H](O)[C@@H](O)CC3=C[C@H](C)OC3=O)O2)O1. The number of carbonyl (C=O) groups is 1. The number of aliphatic hydroxyl groups is 4. The Morgan fingerprint density at radius 1 is 0.674 bits per heavy atom. The molecule has 0 aromatic rings. The summed E-state index contributed by atoms with van der Waals surface area (Å²) < 4.78 is 17.5. The molecule has 4 N–H and O–H groups in total. The maximum Gasteiger partial charge on any atom is 0.334 e. The van der Waals surface area contributed by atoms with E-state index in [0.717, 1.165) is 70.6 Å². The molecule has 2 fully saturated rings. The molecule has 8 nitrogen and oxygen atoms in total. The lowest BCUT2D eigenvalue weighted by Crippen LogP contribution is -2.33. The molecule has 0 unspecified atom stereocenters. The number of ether oxygens (including phenoxy) is 3. The topological polar surface area (TPSA) is 126 Å². The molecule has 0 aromatic carbocycles. The van der Waals surface area contributed by atoms with E-state index in [0.29, 0.717) is 18.4 Å². The Labute approximate surface area is 260 Å². The Bertz CT molecular complexity index is 803. The van der Waals surface area contributed by atoms with Crippen LogP contribution in [0, 0.1) is 0 Å². The zero-order valence-corrected chi connectivity index (χ0v) is 27.0. The largest absolute Gasteiger partial charge is 0.455 e. The average Bonchev–Trinajstić information content (AvgIpc) is 3.74. The van der Waals surface area contributed by atoms with E-state index < -0.39 is 24.3 Å². The molecule has 3 aliphatic heterocycles. The van der Waals surface area contributed by atoms with Gasteiger partial charge in [0, 0.05) is 12.0 Å². The second-order valence-corrected chi connectivity index (χ2v) is 13.5. The van der Waals surface area contributed by atoms with Crippen molar-refractivity contribution >= 4 is 5.97 Å². The van der Waals surface area contributed by atoms with Crippen molar-refractivity contribution in [1.82, 2.24) is 0 Å². The summed E-state index contributed by atoms with van der Waals surface area (Å²) in [6.07, 6.45) is 19.1. The zero-order valence-electron chi connectivity index (χ0n) is 27.0. The Hall–Kier alpha value is -1.03. The van der Waals surface area contributed by atoms with Crippen LogP contribution < -0.4 is 0 Å². The number of carbonyl (C=O) groups excluding carboxylic acids is 1. The molecule has 0 aromatic heterocycles. The highest BCUT2D eigenvalue weighted by Crippen LogP contribution is 2.34. The van der Waals surface area contributed by atoms with Gasteiger partial charge in [0.1, 0.15) is 6.10 Å². The Balaban J connectivity index is 1.18. The molecule has 0 aliphatic carbocycles. The van der Waals surface area contributed by atoms with Crippen LogP contribution in [-0.2, 0) is 19.0 Å². The first kappa shape index (κ1) is 36.4. The fourth-order valence-electron chi connectivity index (χ4n) is 6.92. The first-order valence-corrected chi connectivity index (χ1v) is 17.7. The van der Waals surface area contributed by atoms with Crippen LogP contribution >= 0.6 is 0 Å². The van der Waals surface area contributed by atoms with E-state index in [1.54, 1.807) is 13.0 Å². The van der Waals surface area contributed by atoms with E-state index in [2.05, 4.69) is 6.92 Å². The minimum absolute atomic E-state index is 0.0146. The van der Waals surface area contributed by atoms with E-state index in [9.17, 15) is 25.2 Å². The summed E-state index contributed by atoms with van der Waals surface area (Å²) in [5.41, 5.74) is 0.443. The van der Waals surface area contributed by atoms with Gasteiger partial charge in [-0.1, -0.05) is 90.4 Å². The Morgan fingerprint density at radius 3 is 1.60 bits per heavy atom. The second-order valence-electron chi connectivity index (χ2n) is 13.5. The molecule has 2 saturated heterocycles. The third-order valence-corrected chi connectivity index (χ3v) is 9.66. The number of rotatable bonds is 23. The summed E-state index contributed by atoms with van der Waals surface area (Å²) in [6, 6.07) is 0. The van der Waals surface area contributed by atoms with Crippen LogP contribution in [0.25, 0.3) is 0 Å². The van der Waals surface area contributed by atoms with Gasteiger partial charge in [-0.25, -0.2) is 4.79 Å². The predicted octanol–water partition coefficient (Wildman–Crippen LogP) is 6.05. The highest BCUT2D eigenvalue weighted by atomic mass is 16.6. The summed E-state index contributed by atoms with van der Waals surface area (Å²) >= 11 is 0. The second kappa shape index (κ2) is 20.2. The zero-order chi connectivity index (χ0) is 31.0. The highest BCUT2D eigenvalue weighted by molar-refractivity contribution is 5.90. The first-order chi connectivity index (χ1) is 20.8. The fourth-order valence-corrected chi connectivity index (χ4v) is 6.92. The van der Waals surface area contributed by atoms with Crippen LogP contribution in [0.4, 0.5) is 0 Å². The maximum absolute atomic E-state index is 11.7. The van der Waals surface area contributed by atoms with Crippen molar-refractivity contribution in [1.29, 1.82) is 0 Å². The number of cyclic esters (lactones) is 1. The summed E-state index contributed by atoms with van der Waals surface area (Å²) in [4.78, 5) is 11.7. The van der Waals surface area contributed by atoms with Crippen molar-refractivity contribution in [3.8, 4) is 0 Å². The van der Waals surface area contributed by atoms with Gasteiger partial charge in [-0.2, -0.15) is 0 Å². The van der Waals surface area contributed by atoms with Gasteiger partial charge in [-0.05, 0) is 57.9 Å². The van der Waals surface area contributed by atoms with Gasteiger partial charge >= 0.3 is 5.97 Å². The normalized spacial score (nSPS) is 28.6. The average molecular weight is 611 g/mol. The van der Waals surface area contributed by atoms with E-state index in [-0.39, 0.29) is 43.0 Å². The fraction of sp³-hybridized carbons (Fsp3) is 0.914. The van der Waals surface area contributed by atoms with Gasteiger partial charge in [-0.3, -0.25) is 0 Å². The number of aliphatic hydroxyl groups excluding tert-OH is 4. The van der Waals surface area contributed by atoms with E-state index in [1.807, 2.05) is 0 Å². The molecule has 3 rings (SSSR count). The molecule has 0 saturated carbocycles. The summed E-state index contributed by atoms with van der Waals surface area (Å²) in [6.45, 7) is 4.02. The molecule has 0 radical (unpaired) electrons. The minimum Gasteiger partial charge on any atom is -0.455 e. The molecule has 43 heavy (non-hydrogen) atoms. The van der Waals surface area contributed by atoms with Crippen LogP contribution in [0.1, 0.15) is 149 Å². The third kappa shape index (κ3) is 13.1. The number of esters is 1. The van der Waals surface area contributed by atoms with Gasteiger partial charge in [0.15, 0.2) is 0 Å². The first-order valence-electron chi connectivity index (χ1n) is 17.7. The lowest BCUT2D eigenvalue weighted by molar-refractivity contribution is -0.139. The standard InChI is InChI=1S/C35H62O8/c1-3-4-5-6-7-8-10-14-17-28(37)31-19-21-33(42-31)34-22-20-32(43-34)29(38)18-15-12-9-11-13-16-27(36)30(39)24-26-23-25(2)41-35(26)40/h23,25,27-34,36-39H,3-22,24H2,1-2H3/t25-,27-,28+,29+,30-,31+,32+,33+,34+/m0/s1. The summed E-state index contributed by atoms with van der Waals surface area (Å²) in [5, 5.41) is 41.9. The van der Waals surface area contributed by atoms with Gasteiger partial charge in [0.25, 0.3) is 0 Å². The molecule has 3 aliphatic rings. The molecule has 8 heteroatoms. The van der Waals surface area contributed by atoms with Crippen molar-refractivity contribution in [2.45, 2.75) is 204 Å². The molecule has 250 valence electrons. The van der Waals surface area contributed by atoms with Crippen LogP contribution in [0.3, 0.4) is 0 Å². The molecule has 0 amide bonds. The van der Waals surface area contributed by atoms with Crippen LogP contribution in [0.5, 0.6) is 0 Å². The van der Waals surface area contributed by atoms with Crippen molar-refractivity contribution in [3.05, 3.63) is 11.6 Å². The molecule has 0 spiro atoms. The summed E-state index contributed by atoms with van der Waals surface area (Å²) in [5.74, 6) is -0.403. The monoisotopic (exact) mass is 610 g/mol. The highest BCUT2D eigenvalue weighted by Gasteiger charge is 2.40. The minimum atomic E-state index is -0.959. The third-order valence-electron chi connectivity index (χ3n) is 9.66. The number of unbranched alkanes of at least 4 members (excludes halogenated alkanes) is 11. The van der Waals surface area contributed by atoms with E-state index in [1.165, 1.54) is 44.9 Å². The van der Waals surface area contributed by atoms with Crippen LogP contribution in [0.2, 0.25) is 0 Å². The van der Waals surface area contributed by atoms with Crippen molar-refractivity contribution < 1.29 is 39.4 Å². The Kier molecular flexibility index (Phi) is 17.1. The van der Waals surface area contributed by atoms with Gasteiger partial charge in [0.2, 0.25) is 0 Å². The summed E-state index contributed by atoms with van der Waals surface area (Å²) in [7, 11) is 0. The Morgan fingerprint density at radius 2 is 1.14 bits per heavy atom. The van der Waals surface area contributed by atoms with Gasteiger partial charge in [-0.15, -0.1) is 0 Å². The molecular weight excluding hydrogens is 548 g/mol. The van der Waals surface area contributed by atoms with Gasteiger partial charge in [0.05, 0.1) is 48.8 Å². The van der Waals surface area contributed by atoms with Crippen molar-refractivity contribution in [2.24, 2.45) is 0 Å².